The first-order chi connectivity index (χ1) is 8.63. The zero-order valence-corrected chi connectivity index (χ0v) is 11.5. The van der Waals surface area contributed by atoms with Crippen LogP contribution in [0.1, 0.15) is 5.56 Å². The molecule has 0 radical (unpaired) electrons. The Morgan fingerprint density at radius 1 is 1.22 bits per heavy atom. The van der Waals surface area contributed by atoms with E-state index in [2.05, 4.69) is 36.5 Å². The molecular formula is C12H12BrFN4. The van der Waals surface area contributed by atoms with E-state index in [1.807, 2.05) is 0 Å². The van der Waals surface area contributed by atoms with Crippen molar-refractivity contribution in [1.82, 2.24) is 9.97 Å². The SMILES string of the molecule is CNc1ncnc(Nc2cccc(F)c2C)c1Br. The van der Waals surface area contributed by atoms with Crippen molar-refractivity contribution in [3.05, 3.63) is 40.4 Å². The normalized spacial score (nSPS) is 10.2. The Labute approximate surface area is 113 Å². The molecule has 4 nitrogen and oxygen atoms in total. The minimum absolute atomic E-state index is 0.251. The third-order valence-electron chi connectivity index (χ3n) is 2.55. The molecule has 2 aromatic rings. The molecule has 0 saturated heterocycles. The summed E-state index contributed by atoms with van der Waals surface area (Å²) >= 11 is 3.40. The van der Waals surface area contributed by atoms with E-state index in [1.54, 1.807) is 26.1 Å². The number of hydrogen-bond acceptors (Lipinski definition) is 4. The van der Waals surface area contributed by atoms with Crippen molar-refractivity contribution in [2.24, 2.45) is 0 Å². The van der Waals surface area contributed by atoms with E-state index >= 15 is 0 Å². The standard InChI is InChI=1S/C12H12BrFN4/c1-7-8(14)4-3-5-9(7)18-12-10(13)11(15-2)16-6-17-12/h3-6H,1-2H3,(H2,15,16,17,18). The van der Waals surface area contributed by atoms with Gasteiger partial charge in [-0.25, -0.2) is 14.4 Å². The average molecular weight is 311 g/mol. The van der Waals surface area contributed by atoms with Gasteiger partial charge in [-0.1, -0.05) is 6.07 Å². The van der Waals surface area contributed by atoms with Crippen LogP contribution >= 0.6 is 15.9 Å². The second kappa shape index (κ2) is 5.30. The lowest BCUT2D eigenvalue weighted by molar-refractivity contribution is 0.619. The number of nitrogens with zero attached hydrogens (tertiary/aromatic N) is 2. The van der Waals surface area contributed by atoms with Crippen LogP contribution in [-0.2, 0) is 0 Å². The number of aromatic nitrogens is 2. The van der Waals surface area contributed by atoms with Gasteiger partial charge in [0.15, 0.2) is 0 Å². The van der Waals surface area contributed by atoms with Gasteiger partial charge in [-0.2, -0.15) is 0 Å². The molecule has 0 bridgehead atoms. The van der Waals surface area contributed by atoms with Crippen molar-refractivity contribution >= 4 is 33.3 Å². The maximum Gasteiger partial charge on any atom is 0.150 e. The summed E-state index contributed by atoms with van der Waals surface area (Å²) in [5.74, 6) is 1.00. The highest BCUT2D eigenvalue weighted by atomic mass is 79.9. The Kier molecular flexibility index (Phi) is 3.76. The van der Waals surface area contributed by atoms with E-state index in [0.717, 1.165) is 0 Å². The van der Waals surface area contributed by atoms with Crippen molar-refractivity contribution in [2.75, 3.05) is 17.7 Å². The van der Waals surface area contributed by atoms with Crippen molar-refractivity contribution in [2.45, 2.75) is 6.92 Å². The van der Waals surface area contributed by atoms with Gasteiger partial charge in [0.05, 0.1) is 0 Å². The van der Waals surface area contributed by atoms with E-state index in [-0.39, 0.29) is 5.82 Å². The lowest BCUT2D eigenvalue weighted by Crippen LogP contribution is -2.02. The highest BCUT2D eigenvalue weighted by molar-refractivity contribution is 9.10. The lowest BCUT2D eigenvalue weighted by atomic mass is 10.2. The molecule has 18 heavy (non-hydrogen) atoms. The number of anilines is 3. The van der Waals surface area contributed by atoms with Crippen molar-refractivity contribution in [3.8, 4) is 0 Å². The van der Waals surface area contributed by atoms with Crippen LogP contribution in [0.2, 0.25) is 0 Å². The van der Waals surface area contributed by atoms with Gasteiger partial charge >= 0.3 is 0 Å². The first kappa shape index (κ1) is 12.8. The summed E-state index contributed by atoms with van der Waals surface area (Å²) < 4.78 is 14.1. The zero-order chi connectivity index (χ0) is 13.1. The molecule has 0 aliphatic rings. The van der Waals surface area contributed by atoms with Gasteiger partial charge in [0.2, 0.25) is 0 Å². The summed E-state index contributed by atoms with van der Waals surface area (Å²) in [7, 11) is 1.77. The summed E-state index contributed by atoms with van der Waals surface area (Å²) in [6, 6.07) is 4.87. The van der Waals surface area contributed by atoms with Crippen LogP contribution in [-0.4, -0.2) is 17.0 Å². The lowest BCUT2D eigenvalue weighted by Gasteiger charge is -2.12. The summed E-state index contributed by atoms with van der Waals surface area (Å²) in [5.41, 5.74) is 1.23. The number of nitrogens with one attached hydrogen (secondary N) is 2. The summed E-state index contributed by atoms with van der Waals surface area (Å²) in [5, 5.41) is 6.01. The Morgan fingerprint density at radius 3 is 2.67 bits per heavy atom. The summed E-state index contributed by atoms with van der Waals surface area (Å²) in [6.45, 7) is 1.71. The fourth-order valence-corrected chi connectivity index (χ4v) is 2.00. The Hall–Kier alpha value is -1.69. The van der Waals surface area contributed by atoms with Gasteiger partial charge in [-0.05, 0) is 35.0 Å². The van der Waals surface area contributed by atoms with Gasteiger partial charge in [-0.15, -0.1) is 0 Å². The molecule has 2 rings (SSSR count). The molecule has 0 fully saturated rings. The van der Waals surface area contributed by atoms with Crippen LogP contribution in [0.4, 0.5) is 21.7 Å². The van der Waals surface area contributed by atoms with Crippen molar-refractivity contribution in [1.29, 1.82) is 0 Å². The maximum absolute atomic E-state index is 13.4. The van der Waals surface area contributed by atoms with Gasteiger partial charge in [0.1, 0.15) is 28.3 Å². The van der Waals surface area contributed by atoms with Gasteiger partial charge in [0.25, 0.3) is 0 Å². The third kappa shape index (κ3) is 2.43. The molecule has 0 aliphatic carbocycles. The molecule has 0 aliphatic heterocycles. The maximum atomic E-state index is 13.4. The predicted molar refractivity (Wildman–Crippen MR) is 73.7 cm³/mol. The van der Waals surface area contributed by atoms with E-state index in [4.69, 9.17) is 0 Å². The Bertz CT molecular complexity index is 574. The fraction of sp³-hybridized carbons (Fsp3) is 0.167. The quantitative estimate of drug-likeness (QED) is 0.911. The van der Waals surface area contributed by atoms with Crippen molar-refractivity contribution in [3.63, 3.8) is 0 Å². The minimum atomic E-state index is -0.251. The molecule has 0 saturated carbocycles. The van der Waals surface area contributed by atoms with Crippen LogP contribution in [0, 0.1) is 12.7 Å². The average Bonchev–Trinajstić information content (AvgIpc) is 2.37. The number of hydrogen-bond donors (Lipinski definition) is 2. The number of benzene rings is 1. The molecule has 1 aromatic carbocycles. The van der Waals surface area contributed by atoms with Crippen LogP contribution in [0.5, 0.6) is 0 Å². The van der Waals surface area contributed by atoms with Crippen LogP contribution in [0.3, 0.4) is 0 Å². The first-order valence-electron chi connectivity index (χ1n) is 5.34. The second-order valence-corrected chi connectivity index (χ2v) is 4.47. The van der Waals surface area contributed by atoms with Crippen molar-refractivity contribution < 1.29 is 4.39 Å². The topological polar surface area (TPSA) is 49.8 Å². The van der Waals surface area contributed by atoms with E-state index < -0.39 is 0 Å². The van der Waals surface area contributed by atoms with Crippen LogP contribution in [0.25, 0.3) is 0 Å². The molecule has 1 aromatic heterocycles. The van der Waals surface area contributed by atoms with E-state index in [1.165, 1.54) is 12.4 Å². The molecule has 2 N–H and O–H groups in total. The van der Waals surface area contributed by atoms with E-state index in [9.17, 15) is 4.39 Å². The molecule has 0 amide bonds. The highest BCUT2D eigenvalue weighted by Crippen LogP contribution is 2.30. The van der Waals surface area contributed by atoms with Gasteiger partial charge in [0, 0.05) is 18.3 Å². The predicted octanol–water partition coefficient (Wildman–Crippen LogP) is 3.47. The van der Waals surface area contributed by atoms with Crippen LogP contribution < -0.4 is 10.6 Å². The number of rotatable bonds is 3. The highest BCUT2D eigenvalue weighted by Gasteiger charge is 2.09. The molecule has 0 unspecified atom stereocenters. The van der Waals surface area contributed by atoms with Crippen LogP contribution in [0.15, 0.2) is 29.0 Å². The first-order valence-corrected chi connectivity index (χ1v) is 6.13. The van der Waals surface area contributed by atoms with E-state index in [0.29, 0.717) is 27.4 Å². The Balaban J connectivity index is 2.37. The second-order valence-electron chi connectivity index (χ2n) is 3.67. The minimum Gasteiger partial charge on any atom is -0.372 e. The molecule has 0 spiro atoms. The largest absolute Gasteiger partial charge is 0.372 e. The molecule has 6 heteroatoms. The van der Waals surface area contributed by atoms with Gasteiger partial charge in [-0.3, -0.25) is 0 Å². The smallest absolute Gasteiger partial charge is 0.150 e. The number of halogens is 2. The third-order valence-corrected chi connectivity index (χ3v) is 3.30. The fourth-order valence-electron chi connectivity index (χ4n) is 1.50. The molecular weight excluding hydrogens is 299 g/mol. The molecule has 0 atom stereocenters. The summed E-state index contributed by atoms with van der Waals surface area (Å²) in [6.07, 6.45) is 1.44. The molecule has 1 heterocycles. The van der Waals surface area contributed by atoms with Gasteiger partial charge < -0.3 is 10.6 Å². The molecule has 94 valence electrons. The zero-order valence-electron chi connectivity index (χ0n) is 9.96. The monoisotopic (exact) mass is 310 g/mol. The summed E-state index contributed by atoms with van der Waals surface area (Å²) in [4.78, 5) is 8.18. The Morgan fingerprint density at radius 2 is 1.94 bits per heavy atom.